The average molecular weight is 238 g/mol. The van der Waals surface area contributed by atoms with E-state index in [4.69, 9.17) is 0 Å². The number of ether oxygens (including phenoxy) is 1. The third-order valence-electron chi connectivity index (χ3n) is 0.983. The van der Waals surface area contributed by atoms with E-state index in [0.717, 1.165) is 0 Å². The summed E-state index contributed by atoms with van der Waals surface area (Å²) in [6, 6.07) is 0. The Hall–Kier alpha value is 2.17. The predicted octanol–water partition coefficient (Wildman–Crippen LogP) is -8.71. The summed E-state index contributed by atoms with van der Waals surface area (Å²) in [5, 5.41) is 20.0. The molecule has 13 heavy (non-hydrogen) atoms. The van der Waals surface area contributed by atoms with E-state index < -0.39 is 24.5 Å². The Labute approximate surface area is 161 Å². The van der Waals surface area contributed by atoms with Crippen LogP contribution in [0.2, 0.25) is 0 Å². The molecule has 7 heteroatoms. The zero-order valence-electron chi connectivity index (χ0n) is 8.03. The van der Waals surface area contributed by atoms with Crippen molar-refractivity contribution in [2.24, 2.45) is 0 Å². The normalized spacial score (nSPS) is 10.5. The van der Waals surface area contributed by atoms with E-state index in [-0.39, 0.29) is 109 Å². The van der Waals surface area contributed by atoms with Gasteiger partial charge in [0.2, 0.25) is 0 Å². The summed E-state index contributed by atoms with van der Waals surface area (Å²) >= 11 is 0. The molecule has 0 aromatic rings. The molecule has 0 unspecified atom stereocenters. The first-order chi connectivity index (χ1) is 5.07. The molecule has 0 heterocycles. The molecule has 0 radical (unpaired) electrons. The molecular formula is C6H8K2O5. The molecule has 5 nitrogen and oxygen atoms in total. The van der Waals surface area contributed by atoms with Gasteiger partial charge in [-0.15, -0.1) is 0 Å². The van der Waals surface area contributed by atoms with Gasteiger partial charge >= 0.3 is 103 Å². The predicted molar refractivity (Wildman–Crippen MR) is 30.0 cm³/mol. The third-order valence-corrected chi connectivity index (χ3v) is 0.983. The third kappa shape index (κ3) is 12.1. The minimum atomic E-state index is -1.53. The molecule has 64 valence electrons. The van der Waals surface area contributed by atoms with Crippen LogP contribution < -0.4 is 113 Å². The second-order valence-electron chi connectivity index (χ2n) is 1.84. The smallest absolute Gasteiger partial charge is 0.550 e. The number of hydrogen-bond acceptors (Lipinski definition) is 5. The quantitative estimate of drug-likeness (QED) is 0.444. The monoisotopic (exact) mass is 238 g/mol. The van der Waals surface area contributed by atoms with Gasteiger partial charge in [-0.1, -0.05) is 0 Å². The van der Waals surface area contributed by atoms with Crippen LogP contribution in [0, 0.1) is 0 Å². The van der Waals surface area contributed by atoms with Crippen LogP contribution >= 0.6 is 0 Å². The van der Waals surface area contributed by atoms with Crippen molar-refractivity contribution < 1.29 is 127 Å². The van der Waals surface area contributed by atoms with Crippen molar-refractivity contribution in [1.29, 1.82) is 0 Å². The van der Waals surface area contributed by atoms with Gasteiger partial charge in [-0.05, 0) is 6.92 Å². The maximum Gasteiger partial charge on any atom is 1.00 e. The van der Waals surface area contributed by atoms with E-state index in [1.807, 2.05) is 0 Å². The van der Waals surface area contributed by atoms with Crippen LogP contribution in [-0.2, 0) is 14.3 Å². The van der Waals surface area contributed by atoms with Gasteiger partial charge in [0, 0.05) is 19.0 Å². The topological polar surface area (TPSA) is 89.5 Å². The van der Waals surface area contributed by atoms with Crippen molar-refractivity contribution in [3.05, 3.63) is 0 Å². The van der Waals surface area contributed by atoms with Crippen LogP contribution in [0.3, 0.4) is 0 Å². The minimum Gasteiger partial charge on any atom is -0.550 e. The van der Waals surface area contributed by atoms with Crippen LogP contribution in [0.5, 0.6) is 0 Å². The zero-order chi connectivity index (χ0) is 8.85. The van der Waals surface area contributed by atoms with E-state index in [1.165, 1.54) is 0 Å². The molecule has 1 atom stereocenters. The van der Waals surface area contributed by atoms with Crippen LogP contribution in [-0.4, -0.2) is 24.6 Å². The standard InChI is InChI=1S/C6H10O5.2K/c1-2-11-4(6(9)10)3-5(7)8;;/h4H,2-3H2,1H3,(H,7,8)(H,9,10);;/q;2*+1/p-2/t4-;;/m0../s1. The summed E-state index contributed by atoms with van der Waals surface area (Å²) in [4.78, 5) is 20.0. The number of carbonyl (C=O) groups is 2. The van der Waals surface area contributed by atoms with Crippen molar-refractivity contribution in [2.75, 3.05) is 6.61 Å². The molecule has 0 N–H and O–H groups in total. The van der Waals surface area contributed by atoms with Gasteiger partial charge in [0.15, 0.2) is 0 Å². The zero-order valence-corrected chi connectivity index (χ0v) is 14.3. The molecule has 0 aromatic carbocycles. The Balaban J connectivity index is -0.000000500. The van der Waals surface area contributed by atoms with Crippen molar-refractivity contribution in [3.63, 3.8) is 0 Å². The summed E-state index contributed by atoms with van der Waals surface area (Å²) in [6.07, 6.45) is -2.07. The first-order valence-corrected chi connectivity index (χ1v) is 3.10. The Bertz CT molecular complexity index is 161. The van der Waals surface area contributed by atoms with Gasteiger partial charge < -0.3 is 24.5 Å². The number of rotatable bonds is 5. The van der Waals surface area contributed by atoms with Gasteiger partial charge in [0.25, 0.3) is 0 Å². The molecule has 0 aliphatic rings. The van der Waals surface area contributed by atoms with E-state index in [1.54, 1.807) is 6.92 Å². The van der Waals surface area contributed by atoms with Gasteiger partial charge in [-0.3, -0.25) is 0 Å². The SMILES string of the molecule is CCO[C@@H](CC(=O)[O-])C(=O)[O-].[K+].[K+]. The molecular weight excluding hydrogens is 230 g/mol. The summed E-state index contributed by atoms with van der Waals surface area (Å²) in [5.41, 5.74) is 0. The van der Waals surface area contributed by atoms with E-state index in [9.17, 15) is 19.8 Å². The summed E-state index contributed by atoms with van der Waals surface area (Å²) in [5.74, 6) is -3.00. The number of carbonyl (C=O) groups excluding carboxylic acids is 2. The van der Waals surface area contributed by atoms with Crippen LogP contribution in [0.1, 0.15) is 13.3 Å². The average Bonchev–Trinajstić information content (AvgIpc) is 1.86. The number of hydrogen-bond donors (Lipinski definition) is 0. The molecule has 0 fully saturated rings. The van der Waals surface area contributed by atoms with Gasteiger partial charge in [0.05, 0.1) is 5.97 Å². The number of aliphatic carboxylic acids is 2. The van der Waals surface area contributed by atoms with E-state index in [0.29, 0.717) is 0 Å². The van der Waals surface area contributed by atoms with Gasteiger partial charge in [-0.25, -0.2) is 0 Å². The van der Waals surface area contributed by atoms with Crippen molar-refractivity contribution >= 4 is 11.9 Å². The molecule has 0 aliphatic heterocycles. The number of carboxylic acids is 2. The van der Waals surface area contributed by atoms with Crippen molar-refractivity contribution in [1.82, 2.24) is 0 Å². The van der Waals surface area contributed by atoms with E-state index >= 15 is 0 Å². The Morgan fingerprint density at radius 2 is 1.77 bits per heavy atom. The van der Waals surface area contributed by atoms with E-state index in [2.05, 4.69) is 4.74 Å². The maximum absolute atomic E-state index is 10.1. The Kier molecular flexibility index (Phi) is 19.4. The van der Waals surface area contributed by atoms with Crippen molar-refractivity contribution in [3.8, 4) is 0 Å². The number of carboxylic acid groups (broad SMARTS) is 2. The molecule has 0 aliphatic carbocycles. The summed E-state index contributed by atoms with van der Waals surface area (Å²) in [7, 11) is 0. The second-order valence-corrected chi connectivity index (χ2v) is 1.84. The Morgan fingerprint density at radius 3 is 2.00 bits per heavy atom. The van der Waals surface area contributed by atoms with Crippen LogP contribution in [0.15, 0.2) is 0 Å². The fraction of sp³-hybridized carbons (Fsp3) is 0.667. The summed E-state index contributed by atoms with van der Waals surface area (Å²) in [6.45, 7) is 1.69. The minimum absolute atomic E-state index is 0. The maximum atomic E-state index is 10.1. The second kappa shape index (κ2) is 12.2. The molecule has 0 rings (SSSR count). The molecule has 0 saturated heterocycles. The first kappa shape index (κ1) is 20.6. The molecule has 0 amide bonds. The fourth-order valence-electron chi connectivity index (χ4n) is 0.563. The summed E-state index contributed by atoms with van der Waals surface area (Å²) < 4.78 is 4.53. The van der Waals surface area contributed by atoms with Crippen LogP contribution in [0.4, 0.5) is 0 Å². The van der Waals surface area contributed by atoms with Gasteiger partial charge in [0.1, 0.15) is 6.10 Å². The molecule has 0 saturated carbocycles. The van der Waals surface area contributed by atoms with Crippen molar-refractivity contribution in [2.45, 2.75) is 19.4 Å². The van der Waals surface area contributed by atoms with Gasteiger partial charge in [-0.2, -0.15) is 0 Å². The molecule has 0 bridgehead atoms. The largest absolute Gasteiger partial charge is 1.00 e. The Morgan fingerprint density at radius 1 is 1.31 bits per heavy atom. The fourth-order valence-corrected chi connectivity index (χ4v) is 0.563. The van der Waals surface area contributed by atoms with Crippen LogP contribution in [0.25, 0.3) is 0 Å². The first-order valence-electron chi connectivity index (χ1n) is 3.10. The molecule has 0 aromatic heterocycles. The molecule has 0 spiro atoms.